The molecule has 1 fully saturated rings. The van der Waals surface area contributed by atoms with Gasteiger partial charge < -0.3 is 0 Å². The summed E-state index contributed by atoms with van der Waals surface area (Å²) in [5.41, 5.74) is -0.0287. The van der Waals surface area contributed by atoms with E-state index in [2.05, 4.69) is 18.8 Å². The number of aromatic amines is 1. The number of hydrogen-bond acceptors (Lipinski definition) is 2. The summed E-state index contributed by atoms with van der Waals surface area (Å²) in [7, 11) is 0. The van der Waals surface area contributed by atoms with E-state index in [-0.39, 0.29) is 22.4 Å². The lowest BCUT2D eigenvalue weighted by molar-refractivity contribution is 0.203. The predicted molar refractivity (Wildman–Crippen MR) is 81.5 cm³/mol. The molecular formula is C15H23ClN2O2. The maximum Gasteiger partial charge on any atom is 0.329 e. The van der Waals surface area contributed by atoms with E-state index in [1.807, 2.05) is 6.92 Å². The van der Waals surface area contributed by atoms with Crippen molar-refractivity contribution in [3.63, 3.8) is 0 Å². The Balaban J connectivity index is 2.44. The van der Waals surface area contributed by atoms with Crippen molar-refractivity contribution < 1.29 is 0 Å². The van der Waals surface area contributed by atoms with Gasteiger partial charge in [0.2, 0.25) is 0 Å². The van der Waals surface area contributed by atoms with Crippen molar-refractivity contribution in [3.8, 4) is 0 Å². The monoisotopic (exact) mass is 298 g/mol. The molecule has 112 valence electrons. The summed E-state index contributed by atoms with van der Waals surface area (Å²) in [5.74, 6) is 1.19. The van der Waals surface area contributed by atoms with Gasteiger partial charge in [0, 0.05) is 6.04 Å². The van der Waals surface area contributed by atoms with Crippen LogP contribution in [0.4, 0.5) is 0 Å². The second kappa shape index (κ2) is 6.17. The number of halogens is 1. The first-order valence-electron chi connectivity index (χ1n) is 7.48. The summed E-state index contributed by atoms with van der Waals surface area (Å²) in [6, 6.07) is 0.00493. The predicted octanol–water partition coefficient (Wildman–Crippen LogP) is 3.14. The number of hydrogen-bond donors (Lipinski definition) is 1. The van der Waals surface area contributed by atoms with Crippen molar-refractivity contribution in [1.29, 1.82) is 0 Å². The molecule has 0 amide bonds. The molecule has 2 rings (SSSR count). The molecule has 1 aromatic heterocycles. The summed E-state index contributed by atoms with van der Waals surface area (Å²) in [6.45, 7) is 6.42. The van der Waals surface area contributed by atoms with Gasteiger partial charge in [0.15, 0.2) is 0 Å². The average molecular weight is 299 g/mol. The van der Waals surface area contributed by atoms with Gasteiger partial charge in [-0.25, -0.2) is 4.79 Å². The quantitative estimate of drug-likeness (QED) is 0.872. The number of nitrogens with one attached hydrogen (secondary N) is 1. The summed E-state index contributed by atoms with van der Waals surface area (Å²) in [5, 5.41) is 0.204. The third-order valence-electron chi connectivity index (χ3n) is 4.61. The molecule has 1 aliphatic rings. The molecule has 1 heterocycles. The topological polar surface area (TPSA) is 54.9 Å². The SMILES string of the molecule is CCCc1c(Cl)[nH]c(=O)n(C2CCC(C)C(C)C2)c1=O. The van der Waals surface area contributed by atoms with Gasteiger partial charge in [0.05, 0.1) is 5.56 Å². The molecule has 1 saturated carbocycles. The maximum atomic E-state index is 12.5. The Morgan fingerprint density at radius 1 is 1.25 bits per heavy atom. The van der Waals surface area contributed by atoms with Crippen molar-refractivity contribution >= 4 is 11.6 Å². The Kier molecular flexibility index (Phi) is 4.74. The third kappa shape index (κ3) is 2.85. The zero-order valence-corrected chi connectivity index (χ0v) is 13.2. The van der Waals surface area contributed by atoms with E-state index in [9.17, 15) is 9.59 Å². The number of H-pyrrole nitrogens is 1. The van der Waals surface area contributed by atoms with E-state index >= 15 is 0 Å². The largest absolute Gasteiger partial charge is 0.329 e. The van der Waals surface area contributed by atoms with Gasteiger partial charge in [-0.05, 0) is 37.5 Å². The van der Waals surface area contributed by atoms with Gasteiger partial charge in [0.1, 0.15) is 5.15 Å². The third-order valence-corrected chi connectivity index (χ3v) is 4.94. The van der Waals surface area contributed by atoms with Crippen LogP contribution < -0.4 is 11.2 Å². The van der Waals surface area contributed by atoms with E-state index < -0.39 is 0 Å². The molecule has 1 aliphatic carbocycles. The molecule has 20 heavy (non-hydrogen) atoms. The molecule has 0 radical (unpaired) electrons. The van der Waals surface area contributed by atoms with Crippen LogP contribution in [0.5, 0.6) is 0 Å². The van der Waals surface area contributed by atoms with Crippen molar-refractivity contribution in [2.45, 2.75) is 58.9 Å². The lowest BCUT2D eigenvalue weighted by Crippen LogP contribution is -2.42. The van der Waals surface area contributed by atoms with Gasteiger partial charge in [-0.15, -0.1) is 0 Å². The molecule has 3 unspecified atom stereocenters. The summed E-state index contributed by atoms with van der Waals surface area (Å²) >= 11 is 6.01. The molecule has 3 atom stereocenters. The lowest BCUT2D eigenvalue weighted by atomic mass is 9.79. The number of nitrogens with zero attached hydrogens (tertiary/aromatic N) is 1. The first kappa shape index (κ1) is 15.4. The fourth-order valence-electron chi connectivity index (χ4n) is 3.11. The minimum Gasteiger partial charge on any atom is -0.297 e. The molecule has 0 aromatic carbocycles. The van der Waals surface area contributed by atoms with Crippen LogP contribution in [0.2, 0.25) is 5.15 Å². The average Bonchev–Trinajstić information content (AvgIpc) is 2.38. The van der Waals surface area contributed by atoms with Crippen molar-refractivity contribution in [1.82, 2.24) is 9.55 Å². The Hall–Kier alpha value is -1.03. The highest BCUT2D eigenvalue weighted by molar-refractivity contribution is 6.30. The Bertz CT molecular complexity index is 591. The second-order valence-corrected chi connectivity index (χ2v) is 6.45. The van der Waals surface area contributed by atoms with Crippen LogP contribution in [0.1, 0.15) is 58.1 Å². The van der Waals surface area contributed by atoms with Gasteiger partial charge in [-0.2, -0.15) is 0 Å². The van der Waals surface area contributed by atoms with Gasteiger partial charge in [-0.1, -0.05) is 38.8 Å². The van der Waals surface area contributed by atoms with Crippen molar-refractivity contribution in [2.75, 3.05) is 0 Å². The zero-order chi connectivity index (χ0) is 14.9. The normalized spacial score (nSPS) is 26.7. The lowest BCUT2D eigenvalue weighted by Gasteiger charge is -2.32. The van der Waals surface area contributed by atoms with Crippen LogP contribution in [0, 0.1) is 11.8 Å². The standard InChI is InChI=1S/C15H23ClN2O2/c1-4-5-12-13(16)17-15(20)18(14(12)19)11-7-6-9(2)10(3)8-11/h9-11H,4-8H2,1-3H3,(H,17,20). The van der Waals surface area contributed by atoms with Gasteiger partial charge >= 0.3 is 5.69 Å². The van der Waals surface area contributed by atoms with Crippen molar-refractivity contribution in [3.05, 3.63) is 31.6 Å². The van der Waals surface area contributed by atoms with E-state index in [0.717, 1.165) is 25.7 Å². The zero-order valence-electron chi connectivity index (χ0n) is 12.4. The summed E-state index contributed by atoms with van der Waals surface area (Å²) in [6.07, 6.45) is 4.27. The molecule has 1 N–H and O–H groups in total. The second-order valence-electron chi connectivity index (χ2n) is 6.07. The Morgan fingerprint density at radius 2 is 1.95 bits per heavy atom. The number of rotatable bonds is 3. The first-order valence-corrected chi connectivity index (χ1v) is 7.86. The summed E-state index contributed by atoms with van der Waals surface area (Å²) in [4.78, 5) is 27.3. The molecule has 5 heteroatoms. The maximum absolute atomic E-state index is 12.5. The van der Waals surface area contributed by atoms with E-state index in [4.69, 9.17) is 11.6 Å². The van der Waals surface area contributed by atoms with Crippen LogP contribution >= 0.6 is 11.6 Å². The van der Waals surface area contributed by atoms with Crippen LogP contribution in [0.25, 0.3) is 0 Å². The highest BCUT2D eigenvalue weighted by Crippen LogP contribution is 2.34. The van der Waals surface area contributed by atoms with Gasteiger partial charge in [0.25, 0.3) is 5.56 Å². The first-order chi connectivity index (χ1) is 9.45. The van der Waals surface area contributed by atoms with Crippen LogP contribution in [-0.4, -0.2) is 9.55 Å². The van der Waals surface area contributed by atoms with Crippen LogP contribution in [0.3, 0.4) is 0 Å². The number of aromatic nitrogens is 2. The molecule has 1 aromatic rings. The van der Waals surface area contributed by atoms with Crippen LogP contribution in [0.15, 0.2) is 9.59 Å². The van der Waals surface area contributed by atoms with Crippen molar-refractivity contribution in [2.24, 2.45) is 11.8 Å². The van der Waals surface area contributed by atoms with E-state index in [1.165, 1.54) is 4.57 Å². The molecule has 0 aliphatic heterocycles. The fourth-order valence-corrected chi connectivity index (χ4v) is 3.37. The molecule has 0 spiro atoms. The van der Waals surface area contributed by atoms with Gasteiger partial charge in [-0.3, -0.25) is 14.3 Å². The molecular weight excluding hydrogens is 276 g/mol. The highest BCUT2D eigenvalue weighted by atomic mass is 35.5. The highest BCUT2D eigenvalue weighted by Gasteiger charge is 2.28. The molecule has 0 saturated heterocycles. The fraction of sp³-hybridized carbons (Fsp3) is 0.733. The minimum atomic E-state index is -0.369. The van der Waals surface area contributed by atoms with Crippen LogP contribution in [-0.2, 0) is 6.42 Å². The van der Waals surface area contributed by atoms with E-state index in [1.54, 1.807) is 0 Å². The molecule has 4 nitrogen and oxygen atoms in total. The Labute approximate surface area is 124 Å². The summed E-state index contributed by atoms with van der Waals surface area (Å²) < 4.78 is 1.40. The Morgan fingerprint density at radius 3 is 2.55 bits per heavy atom. The smallest absolute Gasteiger partial charge is 0.297 e. The minimum absolute atomic E-state index is 0.00493. The molecule has 0 bridgehead atoms. The van der Waals surface area contributed by atoms with E-state index in [0.29, 0.717) is 23.8 Å².